The number of ether oxygens (including phenoxy) is 1. The molecule has 6 heteroatoms. The van der Waals surface area contributed by atoms with Crippen LogP contribution in [0.3, 0.4) is 0 Å². The third-order valence-electron chi connectivity index (χ3n) is 6.49. The van der Waals surface area contributed by atoms with Gasteiger partial charge in [-0.15, -0.1) is 11.3 Å². The smallest absolute Gasteiger partial charge is 0.125 e. The quantitative estimate of drug-likeness (QED) is 0.350. The number of hydrogen-bond donors (Lipinski definition) is 0. The van der Waals surface area contributed by atoms with Gasteiger partial charge < -0.3 is 9.30 Å². The van der Waals surface area contributed by atoms with Crippen LogP contribution in [0.2, 0.25) is 5.02 Å². The summed E-state index contributed by atoms with van der Waals surface area (Å²) in [6, 6.07) is 6.71. The van der Waals surface area contributed by atoms with Crippen molar-refractivity contribution in [3.63, 3.8) is 0 Å². The Bertz CT molecular complexity index is 990. The molecule has 0 N–H and O–H groups in total. The number of aromatic nitrogens is 2. The predicted octanol–water partition coefficient (Wildman–Crippen LogP) is 6.86. The minimum absolute atomic E-state index is 0.455. The number of rotatable bonds is 9. The molecular formula is C25H34ClN3OS. The van der Waals surface area contributed by atoms with Crippen molar-refractivity contribution < 1.29 is 4.74 Å². The first-order chi connectivity index (χ1) is 15.1. The van der Waals surface area contributed by atoms with Crippen LogP contribution in [0.4, 0.5) is 0 Å². The van der Waals surface area contributed by atoms with Gasteiger partial charge in [0.05, 0.1) is 22.8 Å². The van der Waals surface area contributed by atoms with Crippen molar-refractivity contribution in [2.24, 2.45) is 5.92 Å². The van der Waals surface area contributed by atoms with Crippen LogP contribution in [-0.4, -0.2) is 40.8 Å². The highest BCUT2D eigenvalue weighted by molar-refractivity contribution is 7.13. The van der Waals surface area contributed by atoms with Crippen molar-refractivity contribution in [2.75, 3.05) is 20.3 Å². The standard InChI is InChI=1S/C25H34ClN3OS/c1-18(2)28(12-13-30-3)15-20-17-31-25(27-20)22-16-29(14-19-8-5-4-6-9-19)24-21(22)10-7-11-23(24)26/h7,10-11,16-19H,4-6,8-9,12-15H2,1-3H3. The molecule has 3 aromatic rings. The fourth-order valence-electron chi connectivity index (χ4n) is 4.72. The van der Waals surface area contributed by atoms with E-state index in [4.69, 9.17) is 21.3 Å². The highest BCUT2D eigenvalue weighted by Gasteiger charge is 2.20. The molecule has 0 radical (unpaired) electrons. The third kappa shape index (κ3) is 5.33. The van der Waals surface area contributed by atoms with Gasteiger partial charge in [-0.2, -0.15) is 0 Å². The van der Waals surface area contributed by atoms with Gasteiger partial charge in [0.1, 0.15) is 5.01 Å². The zero-order valence-corrected chi connectivity index (χ0v) is 20.5. The normalized spacial score (nSPS) is 15.5. The predicted molar refractivity (Wildman–Crippen MR) is 132 cm³/mol. The molecule has 1 fully saturated rings. The number of para-hydroxylation sites is 1. The van der Waals surface area contributed by atoms with Gasteiger partial charge in [-0.1, -0.05) is 43.0 Å². The maximum atomic E-state index is 6.68. The second kappa shape index (κ2) is 10.5. The largest absolute Gasteiger partial charge is 0.383 e. The Kier molecular flexibility index (Phi) is 7.70. The van der Waals surface area contributed by atoms with Crippen molar-refractivity contribution in [3.05, 3.63) is 40.5 Å². The molecule has 0 aliphatic heterocycles. The van der Waals surface area contributed by atoms with Crippen LogP contribution in [0.15, 0.2) is 29.8 Å². The van der Waals surface area contributed by atoms with E-state index in [0.29, 0.717) is 6.04 Å². The zero-order valence-electron chi connectivity index (χ0n) is 18.9. The summed E-state index contributed by atoms with van der Waals surface area (Å²) in [6.45, 7) is 8.00. The Labute approximate surface area is 195 Å². The number of nitrogens with zero attached hydrogens (tertiary/aromatic N) is 3. The molecule has 0 bridgehead atoms. The first-order valence-corrected chi connectivity index (χ1v) is 12.8. The van der Waals surface area contributed by atoms with E-state index in [2.05, 4.69) is 47.0 Å². The topological polar surface area (TPSA) is 30.3 Å². The Balaban J connectivity index is 1.61. The van der Waals surface area contributed by atoms with Crippen LogP contribution in [0, 0.1) is 5.92 Å². The maximum absolute atomic E-state index is 6.68. The molecule has 168 valence electrons. The van der Waals surface area contributed by atoms with Crippen LogP contribution in [0.25, 0.3) is 21.5 Å². The number of methoxy groups -OCH3 is 1. The molecule has 2 heterocycles. The van der Waals surface area contributed by atoms with Crippen molar-refractivity contribution in [3.8, 4) is 10.6 Å². The lowest BCUT2D eigenvalue weighted by atomic mass is 9.89. The maximum Gasteiger partial charge on any atom is 0.125 e. The fraction of sp³-hybridized carbons (Fsp3) is 0.560. The minimum atomic E-state index is 0.455. The summed E-state index contributed by atoms with van der Waals surface area (Å²) in [7, 11) is 1.76. The lowest BCUT2D eigenvalue weighted by molar-refractivity contribution is 0.124. The number of hydrogen-bond acceptors (Lipinski definition) is 4. The molecule has 1 saturated carbocycles. The van der Waals surface area contributed by atoms with Gasteiger partial charge >= 0.3 is 0 Å². The van der Waals surface area contributed by atoms with Crippen molar-refractivity contribution >= 4 is 33.8 Å². The molecule has 1 aliphatic rings. The van der Waals surface area contributed by atoms with Gasteiger partial charge in [-0.3, -0.25) is 4.90 Å². The highest BCUT2D eigenvalue weighted by Crippen LogP contribution is 2.37. The summed E-state index contributed by atoms with van der Waals surface area (Å²) in [4.78, 5) is 7.44. The molecule has 0 unspecified atom stereocenters. The fourth-order valence-corrected chi connectivity index (χ4v) is 5.83. The molecule has 4 nitrogen and oxygen atoms in total. The van der Waals surface area contributed by atoms with E-state index < -0.39 is 0 Å². The Morgan fingerprint density at radius 1 is 1.26 bits per heavy atom. The van der Waals surface area contributed by atoms with Gasteiger partial charge in [0.25, 0.3) is 0 Å². The van der Waals surface area contributed by atoms with Crippen LogP contribution in [-0.2, 0) is 17.8 Å². The minimum Gasteiger partial charge on any atom is -0.383 e. The van der Waals surface area contributed by atoms with Gasteiger partial charge in [0.15, 0.2) is 0 Å². The summed E-state index contributed by atoms with van der Waals surface area (Å²) in [5, 5.41) is 5.33. The molecular weight excluding hydrogens is 426 g/mol. The highest BCUT2D eigenvalue weighted by atomic mass is 35.5. The molecule has 0 amide bonds. The van der Waals surface area contributed by atoms with Gasteiger partial charge in [0, 0.05) is 55.3 Å². The Hall–Kier alpha value is -1.40. The van der Waals surface area contributed by atoms with Gasteiger partial charge in [0.2, 0.25) is 0 Å². The van der Waals surface area contributed by atoms with Crippen LogP contribution >= 0.6 is 22.9 Å². The van der Waals surface area contributed by atoms with E-state index >= 15 is 0 Å². The van der Waals surface area contributed by atoms with Gasteiger partial charge in [-0.25, -0.2) is 4.98 Å². The van der Waals surface area contributed by atoms with Crippen molar-refractivity contribution in [1.82, 2.24) is 14.5 Å². The lowest BCUT2D eigenvalue weighted by Gasteiger charge is -2.25. The van der Waals surface area contributed by atoms with Gasteiger partial charge in [-0.05, 0) is 38.7 Å². The summed E-state index contributed by atoms with van der Waals surface area (Å²) in [5.41, 5.74) is 3.49. The Morgan fingerprint density at radius 3 is 2.81 bits per heavy atom. The first kappa shape index (κ1) is 22.8. The monoisotopic (exact) mass is 459 g/mol. The molecule has 0 spiro atoms. The van der Waals surface area contributed by atoms with Crippen LogP contribution in [0.1, 0.15) is 51.6 Å². The van der Waals surface area contributed by atoms with Crippen molar-refractivity contribution in [2.45, 2.75) is 65.1 Å². The molecule has 31 heavy (non-hydrogen) atoms. The summed E-state index contributed by atoms with van der Waals surface area (Å²) in [6.07, 6.45) is 9.04. The molecule has 4 rings (SSSR count). The zero-order chi connectivity index (χ0) is 21.8. The molecule has 0 saturated heterocycles. The molecule has 0 atom stereocenters. The summed E-state index contributed by atoms with van der Waals surface area (Å²) < 4.78 is 7.68. The third-order valence-corrected chi connectivity index (χ3v) is 7.72. The average molecular weight is 460 g/mol. The molecule has 1 aliphatic carbocycles. The van der Waals surface area contributed by atoms with E-state index in [9.17, 15) is 0 Å². The first-order valence-electron chi connectivity index (χ1n) is 11.5. The second-order valence-corrected chi connectivity index (χ2v) is 10.3. The number of fused-ring (bicyclic) bond motifs is 1. The number of benzene rings is 1. The Morgan fingerprint density at radius 2 is 2.06 bits per heavy atom. The number of thiazole rings is 1. The van der Waals surface area contributed by atoms with E-state index in [0.717, 1.165) is 53.4 Å². The number of halogens is 1. The molecule has 2 aromatic heterocycles. The van der Waals surface area contributed by atoms with Crippen LogP contribution in [0.5, 0.6) is 0 Å². The lowest BCUT2D eigenvalue weighted by Crippen LogP contribution is -2.33. The van der Waals surface area contributed by atoms with E-state index in [1.807, 2.05) is 6.07 Å². The average Bonchev–Trinajstić information content (AvgIpc) is 3.37. The van der Waals surface area contributed by atoms with E-state index in [-0.39, 0.29) is 0 Å². The summed E-state index contributed by atoms with van der Waals surface area (Å²) in [5.74, 6) is 0.751. The van der Waals surface area contributed by atoms with Crippen molar-refractivity contribution in [1.29, 1.82) is 0 Å². The van der Waals surface area contributed by atoms with E-state index in [1.165, 1.54) is 43.1 Å². The SMILES string of the molecule is COCCN(Cc1csc(-c2cn(CC3CCCCC3)c3c(Cl)cccc23)n1)C(C)C. The molecule has 1 aromatic carbocycles. The van der Waals surface area contributed by atoms with E-state index in [1.54, 1.807) is 18.4 Å². The second-order valence-electron chi connectivity index (χ2n) is 9.04. The van der Waals surface area contributed by atoms with Crippen LogP contribution < -0.4 is 0 Å². The summed E-state index contributed by atoms with van der Waals surface area (Å²) >= 11 is 8.42.